The van der Waals surface area contributed by atoms with Gasteiger partial charge in [0.2, 0.25) is 0 Å². The van der Waals surface area contributed by atoms with E-state index in [2.05, 4.69) is 10.6 Å². The van der Waals surface area contributed by atoms with E-state index in [4.69, 9.17) is 4.74 Å². The van der Waals surface area contributed by atoms with Crippen molar-refractivity contribution in [3.05, 3.63) is 60.2 Å². The van der Waals surface area contributed by atoms with E-state index in [1.807, 2.05) is 0 Å². The van der Waals surface area contributed by atoms with E-state index in [-0.39, 0.29) is 4.90 Å². The molecule has 2 aromatic carbocycles. The van der Waals surface area contributed by atoms with Crippen molar-refractivity contribution in [2.75, 3.05) is 24.8 Å². The Balaban J connectivity index is 1.86. The normalized spacial score (nSPS) is 11.9. The SMILES string of the molecule is CS(=O)(=O)c1ccc(NC(=O)COC(=O)C(CO)NC(=O)c2ccccc2)cc1. The number of anilines is 1. The molecule has 29 heavy (non-hydrogen) atoms. The lowest BCUT2D eigenvalue weighted by atomic mass is 10.2. The molecule has 2 amide bonds. The molecule has 1 unspecified atom stereocenters. The van der Waals surface area contributed by atoms with E-state index in [9.17, 15) is 27.9 Å². The second kappa shape index (κ2) is 9.80. The molecule has 9 nitrogen and oxygen atoms in total. The first-order chi connectivity index (χ1) is 13.7. The Labute approximate surface area is 167 Å². The fraction of sp³-hybridized carbons (Fsp3) is 0.211. The van der Waals surface area contributed by atoms with E-state index in [0.29, 0.717) is 11.3 Å². The topological polar surface area (TPSA) is 139 Å². The smallest absolute Gasteiger partial charge is 0.331 e. The maximum Gasteiger partial charge on any atom is 0.331 e. The van der Waals surface area contributed by atoms with Gasteiger partial charge in [-0.3, -0.25) is 9.59 Å². The number of nitrogens with one attached hydrogen (secondary N) is 2. The number of aliphatic hydroxyl groups excluding tert-OH is 1. The molecule has 0 fully saturated rings. The first kappa shape index (κ1) is 22.1. The lowest BCUT2D eigenvalue weighted by Crippen LogP contribution is -2.45. The van der Waals surface area contributed by atoms with Crippen molar-refractivity contribution >= 4 is 33.3 Å². The largest absolute Gasteiger partial charge is 0.454 e. The van der Waals surface area contributed by atoms with Crippen LogP contribution in [0.4, 0.5) is 5.69 Å². The maximum absolute atomic E-state index is 12.0. The van der Waals surface area contributed by atoms with Crippen molar-refractivity contribution in [3.8, 4) is 0 Å². The third-order valence-electron chi connectivity index (χ3n) is 3.72. The molecule has 0 aliphatic carbocycles. The molecular weight excluding hydrogens is 400 g/mol. The number of hydrogen-bond donors (Lipinski definition) is 3. The van der Waals surface area contributed by atoms with Crippen molar-refractivity contribution in [3.63, 3.8) is 0 Å². The highest BCUT2D eigenvalue weighted by Gasteiger charge is 2.23. The van der Waals surface area contributed by atoms with Gasteiger partial charge in [-0.05, 0) is 36.4 Å². The highest BCUT2D eigenvalue weighted by molar-refractivity contribution is 7.90. The minimum atomic E-state index is -3.35. The zero-order chi connectivity index (χ0) is 21.4. The van der Waals surface area contributed by atoms with Crippen LogP contribution in [0, 0.1) is 0 Å². The number of rotatable bonds is 8. The zero-order valence-corrected chi connectivity index (χ0v) is 16.3. The molecule has 0 bridgehead atoms. The van der Waals surface area contributed by atoms with Crippen LogP contribution in [0.1, 0.15) is 10.4 Å². The Morgan fingerprint density at radius 3 is 2.21 bits per heavy atom. The second-order valence-corrected chi connectivity index (χ2v) is 8.04. The van der Waals surface area contributed by atoms with Crippen molar-refractivity contribution < 1.29 is 32.6 Å². The van der Waals surface area contributed by atoms with Gasteiger partial charge in [-0.25, -0.2) is 13.2 Å². The summed E-state index contributed by atoms with van der Waals surface area (Å²) >= 11 is 0. The van der Waals surface area contributed by atoms with Crippen molar-refractivity contribution in [2.24, 2.45) is 0 Å². The zero-order valence-electron chi connectivity index (χ0n) is 15.5. The molecule has 154 valence electrons. The van der Waals surface area contributed by atoms with Crippen LogP contribution in [-0.4, -0.2) is 56.8 Å². The summed E-state index contributed by atoms with van der Waals surface area (Å²) in [7, 11) is -3.35. The van der Waals surface area contributed by atoms with Crippen molar-refractivity contribution in [1.82, 2.24) is 5.32 Å². The van der Waals surface area contributed by atoms with Crippen LogP contribution in [0.2, 0.25) is 0 Å². The Morgan fingerprint density at radius 2 is 1.66 bits per heavy atom. The second-order valence-electron chi connectivity index (χ2n) is 6.03. The summed E-state index contributed by atoms with van der Waals surface area (Å²) in [6.07, 6.45) is 1.06. The van der Waals surface area contributed by atoms with E-state index >= 15 is 0 Å². The summed E-state index contributed by atoms with van der Waals surface area (Å²) in [6, 6.07) is 12.2. The standard InChI is InChI=1S/C19H20N2O7S/c1-29(26,27)15-9-7-14(8-10-15)20-17(23)12-28-19(25)16(11-22)21-18(24)13-5-3-2-4-6-13/h2-10,16,22H,11-12H2,1H3,(H,20,23)(H,21,24). The summed E-state index contributed by atoms with van der Waals surface area (Å²) in [5.74, 6) is -2.21. The first-order valence-corrected chi connectivity index (χ1v) is 10.3. The van der Waals surface area contributed by atoms with Gasteiger partial charge in [-0.2, -0.15) is 0 Å². The highest BCUT2D eigenvalue weighted by atomic mass is 32.2. The number of ether oxygens (including phenoxy) is 1. The minimum absolute atomic E-state index is 0.0990. The van der Waals surface area contributed by atoms with E-state index < -0.39 is 46.9 Å². The lowest BCUT2D eigenvalue weighted by Gasteiger charge is -2.15. The Hall–Kier alpha value is -3.24. The van der Waals surface area contributed by atoms with Crippen LogP contribution in [-0.2, 0) is 24.2 Å². The number of hydrogen-bond acceptors (Lipinski definition) is 7. The predicted molar refractivity (Wildman–Crippen MR) is 104 cm³/mol. The molecular formula is C19H20N2O7S. The average molecular weight is 420 g/mol. The maximum atomic E-state index is 12.0. The number of aliphatic hydroxyl groups is 1. The third-order valence-corrected chi connectivity index (χ3v) is 4.85. The Kier molecular flexibility index (Phi) is 7.46. The number of benzene rings is 2. The molecule has 0 aliphatic rings. The molecule has 0 aliphatic heterocycles. The minimum Gasteiger partial charge on any atom is -0.454 e. The fourth-order valence-electron chi connectivity index (χ4n) is 2.23. The van der Waals surface area contributed by atoms with E-state index in [1.165, 1.54) is 36.4 Å². The van der Waals surface area contributed by atoms with Gasteiger partial charge in [-0.1, -0.05) is 18.2 Å². The quantitative estimate of drug-likeness (QED) is 0.524. The molecule has 0 heterocycles. The van der Waals surface area contributed by atoms with Gasteiger partial charge in [0.25, 0.3) is 11.8 Å². The van der Waals surface area contributed by atoms with E-state index in [1.54, 1.807) is 18.2 Å². The van der Waals surface area contributed by atoms with Crippen LogP contribution >= 0.6 is 0 Å². The molecule has 3 N–H and O–H groups in total. The Morgan fingerprint density at radius 1 is 1.03 bits per heavy atom. The third kappa shape index (κ3) is 6.70. The van der Waals surface area contributed by atoms with Gasteiger partial charge in [0.15, 0.2) is 22.5 Å². The highest BCUT2D eigenvalue weighted by Crippen LogP contribution is 2.13. The molecule has 0 spiro atoms. The van der Waals surface area contributed by atoms with Crippen LogP contribution in [0.5, 0.6) is 0 Å². The van der Waals surface area contributed by atoms with Gasteiger partial charge < -0.3 is 20.5 Å². The molecule has 0 saturated carbocycles. The van der Waals surface area contributed by atoms with Gasteiger partial charge in [0, 0.05) is 17.5 Å². The predicted octanol–water partition coefficient (Wildman–Crippen LogP) is 0.363. The van der Waals surface area contributed by atoms with Gasteiger partial charge in [-0.15, -0.1) is 0 Å². The monoisotopic (exact) mass is 420 g/mol. The van der Waals surface area contributed by atoms with E-state index in [0.717, 1.165) is 6.26 Å². The van der Waals surface area contributed by atoms with Crippen molar-refractivity contribution in [2.45, 2.75) is 10.9 Å². The fourth-order valence-corrected chi connectivity index (χ4v) is 2.86. The number of amides is 2. The molecule has 1 atom stereocenters. The lowest BCUT2D eigenvalue weighted by molar-refractivity contribution is -0.150. The van der Waals surface area contributed by atoms with Gasteiger partial charge in [0.1, 0.15) is 0 Å². The molecule has 2 rings (SSSR count). The number of sulfone groups is 1. The molecule has 10 heteroatoms. The summed E-state index contributed by atoms with van der Waals surface area (Å²) in [5.41, 5.74) is 0.614. The van der Waals surface area contributed by atoms with Crippen LogP contribution < -0.4 is 10.6 Å². The number of esters is 1. The van der Waals surface area contributed by atoms with Gasteiger partial charge >= 0.3 is 5.97 Å². The van der Waals surface area contributed by atoms with Crippen LogP contribution in [0.3, 0.4) is 0 Å². The van der Waals surface area contributed by atoms with Crippen molar-refractivity contribution in [1.29, 1.82) is 0 Å². The molecule has 2 aromatic rings. The van der Waals surface area contributed by atoms with Crippen LogP contribution in [0.25, 0.3) is 0 Å². The number of carbonyl (C=O) groups is 3. The van der Waals surface area contributed by atoms with Gasteiger partial charge in [0.05, 0.1) is 11.5 Å². The number of carbonyl (C=O) groups excluding carboxylic acids is 3. The molecule has 0 aromatic heterocycles. The van der Waals surface area contributed by atoms with Crippen LogP contribution in [0.15, 0.2) is 59.5 Å². The average Bonchev–Trinajstić information content (AvgIpc) is 2.70. The molecule has 0 radical (unpaired) electrons. The summed E-state index contributed by atoms with van der Waals surface area (Å²) in [5, 5.41) is 14.1. The first-order valence-electron chi connectivity index (χ1n) is 8.44. The molecule has 0 saturated heterocycles. The Bertz CT molecular complexity index is 973. The summed E-state index contributed by atoms with van der Waals surface area (Å²) in [6.45, 7) is -1.35. The summed E-state index contributed by atoms with van der Waals surface area (Å²) in [4.78, 5) is 36.0. The summed E-state index contributed by atoms with van der Waals surface area (Å²) < 4.78 is 27.6.